The summed E-state index contributed by atoms with van der Waals surface area (Å²) >= 11 is 3.40. The van der Waals surface area contributed by atoms with Crippen molar-refractivity contribution in [2.75, 3.05) is 13.1 Å². The Kier molecular flexibility index (Phi) is 5.27. The van der Waals surface area contributed by atoms with E-state index in [1.165, 1.54) is 6.07 Å². The minimum atomic E-state index is -0.0720. The molecule has 25 heavy (non-hydrogen) atoms. The van der Waals surface area contributed by atoms with Gasteiger partial charge in [-0.2, -0.15) is 0 Å². The number of halogens is 1. The molecule has 0 aliphatic carbocycles. The molecule has 1 aromatic carbocycles. The number of likely N-dealkylation sites (tertiary alicyclic amines) is 1. The molecule has 0 radical (unpaired) electrons. The highest BCUT2D eigenvalue weighted by Gasteiger charge is 2.25. The Bertz CT molecular complexity index is 839. The summed E-state index contributed by atoms with van der Waals surface area (Å²) in [7, 11) is 1.74. The number of amides is 1. The van der Waals surface area contributed by atoms with Gasteiger partial charge in [0.25, 0.3) is 11.5 Å². The number of nitrogens with zero attached hydrogens (tertiary/aromatic N) is 2. The molecule has 1 fully saturated rings. The first-order valence-electron chi connectivity index (χ1n) is 8.33. The fourth-order valence-corrected chi connectivity index (χ4v) is 3.38. The molecule has 0 unspecified atom stereocenters. The molecule has 3 rings (SSSR count). The van der Waals surface area contributed by atoms with Gasteiger partial charge in [0, 0.05) is 54.8 Å². The molecule has 2 heterocycles. The van der Waals surface area contributed by atoms with E-state index in [4.69, 9.17) is 4.74 Å². The van der Waals surface area contributed by atoms with Gasteiger partial charge in [-0.05, 0) is 31.2 Å². The summed E-state index contributed by atoms with van der Waals surface area (Å²) in [5, 5.41) is 0. The third kappa shape index (κ3) is 4.12. The number of carbonyl (C=O) groups excluding carboxylic acids is 1. The number of piperidine rings is 1. The number of pyridine rings is 1. The standard InChI is InChI=1S/C19H21BrN2O3/c1-13-10-17(12-18(23)21(13)2)25-16-6-8-22(9-7-16)19(24)14-4-3-5-15(20)11-14/h3-5,10-12,16H,6-9H2,1-2H3. The summed E-state index contributed by atoms with van der Waals surface area (Å²) in [6, 6.07) is 10.8. The molecule has 0 bridgehead atoms. The number of hydrogen-bond donors (Lipinski definition) is 0. The zero-order valence-electron chi connectivity index (χ0n) is 14.4. The van der Waals surface area contributed by atoms with Crippen molar-refractivity contribution < 1.29 is 9.53 Å². The Labute approximate surface area is 155 Å². The summed E-state index contributed by atoms with van der Waals surface area (Å²) in [6.07, 6.45) is 1.54. The first-order chi connectivity index (χ1) is 11.9. The van der Waals surface area contributed by atoms with Crippen molar-refractivity contribution >= 4 is 21.8 Å². The normalized spacial score (nSPS) is 15.2. The molecule has 1 saturated heterocycles. The van der Waals surface area contributed by atoms with Crippen molar-refractivity contribution in [1.82, 2.24) is 9.47 Å². The average molecular weight is 405 g/mol. The number of benzene rings is 1. The Morgan fingerprint density at radius 1 is 1.20 bits per heavy atom. The van der Waals surface area contributed by atoms with Crippen LogP contribution in [0.25, 0.3) is 0 Å². The lowest BCUT2D eigenvalue weighted by Crippen LogP contribution is -2.41. The summed E-state index contributed by atoms with van der Waals surface area (Å²) in [4.78, 5) is 26.3. The van der Waals surface area contributed by atoms with E-state index in [2.05, 4.69) is 15.9 Å². The van der Waals surface area contributed by atoms with Crippen LogP contribution in [-0.4, -0.2) is 34.6 Å². The van der Waals surface area contributed by atoms with Gasteiger partial charge in [-0.3, -0.25) is 9.59 Å². The van der Waals surface area contributed by atoms with Gasteiger partial charge in [0.1, 0.15) is 11.9 Å². The third-order valence-corrected chi connectivity index (χ3v) is 5.07. The van der Waals surface area contributed by atoms with Crippen molar-refractivity contribution in [2.24, 2.45) is 7.05 Å². The topological polar surface area (TPSA) is 51.5 Å². The number of aryl methyl sites for hydroxylation is 1. The minimum Gasteiger partial charge on any atom is -0.490 e. The Morgan fingerprint density at radius 2 is 1.92 bits per heavy atom. The molecule has 0 spiro atoms. The van der Waals surface area contributed by atoms with E-state index in [9.17, 15) is 9.59 Å². The van der Waals surface area contributed by atoms with Crippen molar-refractivity contribution in [2.45, 2.75) is 25.9 Å². The number of aromatic nitrogens is 1. The fourth-order valence-electron chi connectivity index (χ4n) is 2.98. The molecule has 132 valence electrons. The number of ether oxygens (including phenoxy) is 1. The largest absolute Gasteiger partial charge is 0.490 e. The van der Waals surface area contributed by atoms with E-state index in [1.807, 2.05) is 42.2 Å². The van der Waals surface area contributed by atoms with Crippen LogP contribution in [-0.2, 0) is 7.05 Å². The lowest BCUT2D eigenvalue weighted by atomic mass is 10.1. The highest BCUT2D eigenvalue weighted by molar-refractivity contribution is 9.10. The van der Waals surface area contributed by atoms with Gasteiger partial charge in [-0.25, -0.2) is 0 Å². The SMILES string of the molecule is Cc1cc(OC2CCN(C(=O)c3cccc(Br)c3)CC2)cc(=O)n1C. The molecular formula is C19H21BrN2O3. The second-order valence-electron chi connectivity index (χ2n) is 6.35. The fraction of sp³-hybridized carbons (Fsp3) is 0.368. The average Bonchev–Trinajstić information content (AvgIpc) is 2.59. The van der Waals surface area contributed by atoms with Crippen LogP contribution in [0, 0.1) is 6.92 Å². The van der Waals surface area contributed by atoms with E-state index in [0.717, 1.165) is 23.0 Å². The van der Waals surface area contributed by atoms with E-state index < -0.39 is 0 Å². The van der Waals surface area contributed by atoms with Gasteiger partial charge in [-0.15, -0.1) is 0 Å². The first-order valence-corrected chi connectivity index (χ1v) is 9.12. The second kappa shape index (κ2) is 7.44. The summed E-state index contributed by atoms with van der Waals surface area (Å²) < 4.78 is 8.46. The maximum absolute atomic E-state index is 12.6. The van der Waals surface area contributed by atoms with Crippen molar-refractivity contribution in [3.8, 4) is 5.75 Å². The highest BCUT2D eigenvalue weighted by Crippen LogP contribution is 2.21. The minimum absolute atomic E-state index is 0.0260. The molecule has 2 aromatic rings. The molecule has 1 aliphatic heterocycles. The van der Waals surface area contributed by atoms with Crippen LogP contribution in [0.5, 0.6) is 5.75 Å². The third-order valence-electron chi connectivity index (χ3n) is 4.58. The Morgan fingerprint density at radius 3 is 2.56 bits per heavy atom. The monoisotopic (exact) mass is 404 g/mol. The van der Waals surface area contributed by atoms with Crippen LogP contribution >= 0.6 is 15.9 Å². The van der Waals surface area contributed by atoms with Crippen molar-refractivity contribution in [3.05, 3.63) is 62.5 Å². The van der Waals surface area contributed by atoms with E-state index in [-0.39, 0.29) is 17.6 Å². The number of rotatable bonds is 3. The summed E-state index contributed by atoms with van der Waals surface area (Å²) in [6.45, 7) is 3.19. The zero-order valence-corrected chi connectivity index (χ0v) is 16.0. The van der Waals surface area contributed by atoms with Crippen molar-refractivity contribution in [3.63, 3.8) is 0 Å². The smallest absolute Gasteiger partial charge is 0.254 e. The van der Waals surface area contributed by atoms with Crippen LogP contribution in [0.3, 0.4) is 0 Å². The molecule has 1 aliphatic rings. The molecular weight excluding hydrogens is 384 g/mol. The molecule has 0 saturated carbocycles. The molecule has 0 atom stereocenters. The van der Waals surface area contributed by atoms with Gasteiger partial charge >= 0.3 is 0 Å². The summed E-state index contributed by atoms with van der Waals surface area (Å²) in [5.41, 5.74) is 1.48. The van der Waals surface area contributed by atoms with Crippen LogP contribution in [0.4, 0.5) is 0 Å². The predicted octanol–water partition coefficient (Wildman–Crippen LogP) is 3.14. The van der Waals surface area contributed by atoms with Crippen LogP contribution in [0.2, 0.25) is 0 Å². The van der Waals surface area contributed by atoms with Crippen LogP contribution in [0.15, 0.2) is 45.7 Å². The Hall–Kier alpha value is -2.08. The van der Waals surface area contributed by atoms with Gasteiger partial charge < -0.3 is 14.2 Å². The van der Waals surface area contributed by atoms with Gasteiger partial charge in [0.05, 0.1) is 0 Å². The molecule has 5 nitrogen and oxygen atoms in total. The first kappa shape index (κ1) is 17.7. The molecule has 1 aromatic heterocycles. The molecule has 0 N–H and O–H groups in total. The maximum atomic E-state index is 12.6. The van der Waals surface area contributed by atoms with Crippen molar-refractivity contribution in [1.29, 1.82) is 0 Å². The maximum Gasteiger partial charge on any atom is 0.254 e. The molecule has 1 amide bonds. The predicted molar refractivity (Wildman–Crippen MR) is 100 cm³/mol. The van der Waals surface area contributed by atoms with Crippen LogP contribution in [0.1, 0.15) is 28.9 Å². The number of carbonyl (C=O) groups is 1. The zero-order chi connectivity index (χ0) is 18.0. The van der Waals surface area contributed by atoms with Crippen LogP contribution < -0.4 is 10.3 Å². The van der Waals surface area contributed by atoms with Gasteiger partial charge in [0.2, 0.25) is 0 Å². The Balaban J connectivity index is 1.60. The molecule has 6 heteroatoms. The highest BCUT2D eigenvalue weighted by atomic mass is 79.9. The second-order valence-corrected chi connectivity index (χ2v) is 7.27. The van der Waals surface area contributed by atoms with E-state index in [0.29, 0.717) is 24.4 Å². The van der Waals surface area contributed by atoms with E-state index >= 15 is 0 Å². The quantitative estimate of drug-likeness (QED) is 0.789. The summed E-state index contributed by atoms with van der Waals surface area (Å²) in [5.74, 6) is 0.654. The lowest BCUT2D eigenvalue weighted by Gasteiger charge is -2.32. The number of hydrogen-bond acceptors (Lipinski definition) is 3. The van der Waals surface area contributed by atoms with Gasteiger partial charge in [0.15, 0.2) is 0 Å². The lowest BCUT2D eigenvalue weighted by molar-refractivity contribution is 0.0595. The van der Waals surface area contributed by atoms with Gasteiger partial charge in [-0.1, -0.05) is 22.0 Å². The van der Waals surface area contributed by atoms with E-state index in [1.54, 1.807) is 11.6 Å².